The lowest BCUT2D eigenvalue weighted by atomic mass is 10.2. The smallest absolute Gasteiger partial charge is 0.246 e. The number of amides is 1. The maximum absolute atomic E-state index is 12.7. The molecule has 1 fully saturated rings. The van der Waals surface area contributed by atoms with E-state index in [2.05, 4.69) is 5.32 Å². The van der Waals surface area contributed by atoms with Crippen LogP contribution in [0.1, 0.15) is 5.56 Å². The van der Waals surface area contributed by atoms with E-state index in [0.717, 1.165) is 4.31 Å². The molecule has 1 aromatic rings. The Bertz CT molecular complexity index is 757. The third-order valence-corrected chi connectivity index (χ3v) is 5.65. The zero-order chi connectivity index (χ0) is 17.7. The van der Waals surface area contributed by atoms with E-state index in [-0.39, 0.29) is 35.5 Å². The van der Waals surface area contributed by atoms with Crippen molar-refractivity contribution in [2.45, 2.75) is 4.90 Å². The number of hydrogen-bond donors (Lipinski definition) is 1. The van der Waals surface area contributed by atoms with Crippen LogP contribution in [0, 0.1) is 11.3 Å². The average Bonchev–Trinajstić information content (AvgIpc) is 2.61. The van der Waals surface area contributed by atoms with Gasteiger partial charge in [0.05, 0.1) is 25.3 Å². The van der Waals surface area contributed by atoms with E-state index < -0.39 is 10.0 Å². The predicted molar refractivity (Wildman–Crippen MR) is 94.2 cm³/mol. The summed E-state index contributed by atoms with van der Waals surface area (Å²) in [4.78, 5) is 13.8. The summed E-state index contributed by atoms with van der Waals surface area (Å²) in [6.07, 6.45) is 0. The molecule has 0 unspecified atom stereocenters. The minimum Gasteiger partial charge on any atom is -0.495 e. The molecule has 1 heterocycles. The maximum Gasteiger partial charge on any atom is 0.246 e. The van der Waals surface area contributed by atoms with Gasteiger partial charge in [-0.3, -0.25) is 4.79 Å². The van der Waals surface area contributed by atoms with Gasteiger partial charge >= 0.3 is 0 Å². The molecule has 8 nitrogen and oxygen atoms in total. The Morgan fingerprint density at radius 3 is 2.60 bits per heavy atom. The first-order valence-electron chi connectivity index (χ1n) is 7.43. The number of methoxy groups -OCH3 is 1. The topological polar surface area (TPSA) is 103 Å². The maximum atomic E-state index is 12.7. The van der Waals surface area contributed by atoms with Crippen LogP contribution in [0.5, 0.6) is 5.75 Å². The van der Waals surface area contributed by atoms with Crippen LogP contribution in [0.4, 0.5) is 0 Å². The predicted octanol–water partition coefficient (Wildman–Crippen LogP) is 0.0410. The highest BCUT2D eigenvalue weighted by Crippen LogP contribution is 2.27. The molecule has 1 N–H and O–H groups in total. The van der Waals surface area contributed by atoms with Crippen molar-refractivity contribution in [1.82, 2.24) is 14.5 Å². The van der Waals surface area contributed by atoms with Crippen molar-refractivity contribution in [2.24, 2.45) is 0 Å². The van der Waals surface area contributed by atoms with Crippen LogP contribution in [-0.4, -0.2) is 70.4 Å². The second-order valence-corrected chi connectivity index (χ2v) is 7.38. The van der Waals surface area contributed by atoms with E-state index in [4.69, 9.17) is 10.00 Å². The monoisotopic (exact) mass is 388 g/mol. The Balaban J connectivity index is 0.00000312. The van der Waals surface area contributed by atoms with Gasteiger partial charge in [-0.15, -0.1) is 12.4 Å². The third kappa shape index (κ3) is 4.83. The van der Waals surface area contributed by atoms with Gasteiger partial charge in [0.25, 0.3) is 0 Å². The molecule has 0 saturated carbocycles. The van der Waals surface area contributed by atoms with Crippen LogP contribution in [0.25, 0.3) is 0 Å². The number of likely N-dealkylation sites (N-methyl/N-ethyl adjacent to an activating group) is 1. The summed E-state index contributed by atoms with van der Waals surface area (Å²) < 4.78 is 31.5. The van der Waals surface area contributed by atoms with Crippen molar-refractivity contribution < 1.29 is 17.9 Å². The first-order valence-corrected chi connectivity index (χ1v) is 8.87. The molecule has 1 amide bonds. The van der Waals surface area contributed by atoms with Crippen LogP contribution >= 0.6 is 12.4 Å². The summed E-state index contributed by atoms with van der Waals surface area (Å²) in [5, 5.41) is 12.0. The lowest BCUT2D eigenvalue weighted by Crippen LogP contribution is -2.49. The summed E-state index contributed by atoms with van der Waals surface area (Å²) in [6, 6.07) is 6.01. The molecule has 1 aliphatic heterocycles. The number of sulfonamides is 1. The molecule has 138 valence electrons. The lowest BCUT2D eigenvalue weighted by Gasteiger charge is -2.29. The van der Waals surface area contributed by atoms with E-state index in [9.17, 15) is 13.2 Å². The summed E-state index contributed by atoms with van der Waals surface area (Å²) >= 11 is 0. The quantitative estimate of drug-likeness (QED) is 0.764. The molecule has 1 aliphatic rings. The zero-order valence-corrected chi connectivity index (χ0v) is 15.7. The molecule has 0 aromatic heterocycles. The highest BCUT2D eigenvalue weighted by Gasteiger charge is 2.28. The number of rotatable bonds is 5. The summed E-state index contributed by atoms with van der Waals surface area (Å²) in [7, 11) is -1.22. The number of nitrogens with one attached hydrogen (secondary N) is 1. The molecular weight excluding hydrogens is 368 g/mol. The number of halogens is 1. The fourth-order valence-corrected chi connectivity index (χ4v) is 3.66. The van der Waals surface area contributed by atoms with Crippen LogP contribution < -0.4 is 10.1 Å². The Hall–Kier alpha value is -1.86. The fraction of sp³-hybridized carbons (Fsp3) is 0.467. The number of ether oxygens (including phenoxy) is 1. The van der Waals surface area contributed by atoms with Crippen LogP contribution in [-0.2, 0) is 14.8 Å². The Morgan fingerprint density at radius 1 is 1.40 bits per heavy atom. The van der Waals surface area contributed by atoms with Crippen molar-refractivity contribution in [1.29, 1.82) is 5.26 Å². The highest BCUT2D eigenvalue weighted by molar-refractivity contribution is 7.89. The molecule has 0 atom stereocenters. The van der Waals surface area contributed by atoms with Crippen molar-refractivity contribution in [3.05, 3.63) is 23.8 Å². The van der Waals surface area contributed by atoms with Crippen LogP contribution in [0.3, 0.4) is 0 Å². The van der Waals surface area contributed by atoms with E-state index in [1.807, 2.05) is 6.07 Å². The zero-order valence-electron chi connectivity index (χ0n) is 14.1. The molecule has 1 aromatic carbocycles. The summed E-state index contributed by atoms with van der Waals surface area (Å²) in [5.74, 6) is -0.161. The second kappa shape index (κ2) is 9.01. The molecule has 0 bridgehead atoms. The minimum atomic E-state index is -3.90. The molecule has 0 radical (unpaired) electrons. The van der Waals surface area contributed by atoms with Crippen LogP contribution in [0.2, 0.25) is 0 Å². The number of carbonyl (C=O) groups is 1. The number of benzene rings is 1. The molecule has 2 rings (SSSR count). The van der Waals surface area contributed by atoms with Gasteiger partial charge < -0.3 is 15.0 Å². The minimum absolute atomic E-state index is 0. The lowest BCUT2D eigenvalue weighted by molar-refractivity contribution is -0.131. The highest BCUT2D eigenvalue weighted by atomic mass is 35.5. The number of piperazine rings is 1. The Kier molecular flexibility index (Phi) is 7.63. The van der Waals surface area contributed by atoms with Gasteiger partial charge in [0, 0.05) is 33.2 Å². The van der Waals surface area contributed by atoms with Gasteiger partial charge in [-0.2, -0.15) is 9.57 Å². The molecule has 1 saturated heterocycles. The number of carbonyl (C=O) groups excluding carboxylic acids is 1. The number of nitrogens with zero attached hydrogens (tertiary/aromatic N) is 3. The van der Waals surface area contributed by atoms with Crippen molar-refractivity contribution >= 4 is 28.3 Å². The first kappa shape index (κ1) is 21.2. The third-order valence-electron chi connectivity index (χ3n) is 3.81. The van der Waals surface area contributed by atoms with E-state index in [1.54, 1.807) is 4.90 Å². The number of nitriles is 1. The van der Waals surface area contributed by atoms with Gasteiger partial charge in [0.1, 0.15) is 10.6 Å². The molecular formula is C15H21ClN4O4S. The normalized spacial score (nSPS) is 14.6. The second-order valence-electron chi connectivity index (χ2n) is 5.37. The van der Waals surface area contributed by atoms with E-state index in [0.29, 0.717) is 31.7 Å². The van der Waals surface area contributed by atoms with Crippen molar-refractivity contribution in [2.75, 3.05) is 46.9 Å². The molecule has 10 heteroatoms. The van der Waals surface area contributed by atoms with E-state index in [1.165, 1.54) is 32.4 Å². The first-order chi connectivity index (χ1) is 11.4. The SMILES string of the molecule is COc1cc(C#N)ccc1S(=O)(=O)N(C)CC(=O)N1CCNCC1.Cl. The van der Waals surface area contributed by atoms with E-state index >= 15 is 0 Å². The largest absolute Gasteiger partial charge is 0.495 e. The fourth-order valence-electron chi connectivity index (χ4n) is 2.41. The van der Waals surface area contributed by atoms with Crippen molar-refractivity contribution in [3.63, 3.8) is 0 Å². The van der Waals surface area contributed by atoms with Crippen LogP contribution in [0.15, 0.2) is 23.1 Å². The van der Waals surface area contributed by atoms with Gasteiger partial charge in [-0.1, -0.05) is 0 Å². The van der Waals surface area contributed by atoms with Gasteiger partial charge in [0.2, 0.25) is 15.9 Å². The summed E-state index contributed by atoms with van der Waals surface area (Å²) in [6.45, 7) is 2.28. The van der Waals surface area contributed by atoms with Crippen molar-refractivity contribution in [3.8, 4) is 11.8 Å². The average molecular weight is 389 g/mol. The Labute approximate surface area is 153 Å². The summed E-state index contributed by atoms with van der Waals surface area (Å²) in [5.41, 5.74) is 0.297. The molecule has 0 aliphatic carbocycles. The standard InChI is InChI=1S/C15H20N4O4S.ClH/c1-18(11-15(20)19-7-5-17-6-8-19)24(21,22)14-4-3-12(10-16)9-13(14)23-2;/h3-4,9,17H,5-8,11H2,1-2H3;1H. The molecule has 0 spiro atoms. The molecule has 25 heavy (non-hydrogen) atoms. The van der Waals surface area contributed by atoms with Gasteiger partial charge in [0.15, 0.2) is 0 Å². The number of hydrogen-bond acceptors (Lipinski definition) is 6. The van der Waals surface area contributed by atoms with Gasteiger partial charge in [-0.05, 0) is 18.2 Å². The Morgan fingerprint density at radius 2 is 2.04 bits per heavy atom. The van der Waals surface area contributed by atoms with Gasteiger partial charge in [-0.25, -0.2) is 8.42 Å².